The molecule has 1 atom stereocenters. The molecule has 0 N–H and O–H groups in total. The van der Waals surface area contributed by atoms with E-state index in [1.807, 2.05) is 50.2 Å². The Morgan fingerprint density at radius 1 is 1.15 bits per heavy atom. The average molecular weight is 374 g/mol. The lowest BCUT2D eigenvalue weighted by atomic mass is 10.0. The van der Waals surface area contributed by atoms with Gasteiger partial charge in [0.05, 0.1) is 12.0 Å². The first kappa shape index (κ1) is 15.7. The van der Waals surface area contributed by atoms with Crippen molar-refractivity contribution in [2.45, 2.75) is 19.2 Å². The van der Waals surface area contributed by atoms with Crippen molar-refractivity contribution in [2.24, 2.45) is 0 Å². The molecular formula is C16H15BrCl2O. The van der Waals surface area contributed by atoms with Crippen LogP contribution in [0.2, 0.25) is 5.02 Å². The molecule has 0 spiro atoms. The lowest BCUT2D eigenvalue weighted by Gasteiger charge is -2.17. The molecule has 2 rings (SSSR count). The van der Waals surface area contributed by atoms with E-state index in [-0.39, 0.29) is 5.38 Å². The van der Waals surface area contributed by atoms with Gasteiger partial charge in [0, 0.05) is 15.1 Å². The molecule has 0 bridgehead atoms. The highest BCUT2D eigenvalue weighted by atomic mass is 79.9. The number of halogens is 3. The molecule has 1 unspecified atom stereocenters. The summed E-state index contributed by atoms with van der Waals surface area (Å²) in [6.07, 6.45) is 0. The SMILES string of the molecule is CCOc1ccc(Br)cc1C(Cl)c1ccc(C)cc1Cl. The Bertz CT molecular complexity index is 613. The van der Waals surface area contributed by atoms with Gasteiger partial charge in [-0.25, -0.2) is 0 Å². The molecule has 1 nitrogen and oxygen atoms in total. The highest BCUT2D eigenvalue weighted by Gasteiger charge is 2.19. The number of rotatable bonds is 4. The topological polar surface area (TPSA) is 9.23 Å². The zero-order chi connectivity index (χ0) is 14.7. The van der Waals surface area contributed by atoms with Gasteiger partial charge >= 0.3 is 0 Å². The monoisotopic (exact) mass is 372 g/mol. The van der Waals surface area contributed by atoms with Crippen LogP contribution < -0.4 is 4.74 Å². The number of hydrogen-bond donors (Lipinski definition) is 0. The molecule has 4 heteroatoms. The number of ether oxygens (including phenoxy) is 1. The van der Waals surface area contributed by atoms with E-state index < -0.39 is 0 Å². The highest BCUT2D eigenvalue weighted by molar-refractivity contribution is 9.10. The highest BCUT2D eigenvalue weighted by Crippen LogP contribution is 2.39. The normalized spacial score (nSPS) is 12.2. The standard InChI is InChI=1S/C16H15BrCl2O/c1-3-20-15-7-5-11(17)9-13(15)16(19)12-6-4-10(2)8-14(12)18/h4-9,16H,3H2,1-2H3. The Labute approximate surface area is 138 Å². The van der Waals surface area contributed by atoms with Crippen molar-refractivity contribution in [3.8, 4) is 5.75 Å². The second-order valence-corrected chi connectivity index (χ2v) is 6.26. The van der Waals surface area contributed by atoms with Gasteiger partial charge < -0.3 is 4.74 Å². The first-order valence-corrected chi connectivity index (χ1v) is 7.96. The summed E-state index contributed by atoms with van der Waals surface area (Å²) in [6.45, 7) is 4.55. The van der Waals surface area contributed by atoms with Crippen molar-refractivity contribution >= 4 is 39.1 Å². The Balaban J connectivity index is 2.46. The summed E-state index contributed by atoms with van der Waals surface area (Å²) in [4.78, 5) is 0. The van der Waals surface area contributed by atoms with E-state index in [2.05, 4.69) is 15.9 Å². The van der Waals surface area contributed by atoms with Crippen molar-refractivity contribution in [2.75, 3.05) is 6.61 Å². The maximum absolute atomic E-state index is 6.62. The van der Waals surface area contributed by atoms with Crippen LogP contribution in [-0.4, -0.2) is 6.61 Å². The second-order valence-electron chi connectivity index (χ2n) is 4.50. The van der Waals surface area contributed by atoms with E-state index in [9.17, 15) is 0 Å². The Morgan fingerprint density at radius 3 is 2.55 bits per heavy atom. The zero-order valence-corrected chi connectivity index (χ0v) is 14.4. The van der Waals surface area contributed by atoms with Crippen LogP contribution in [0, 0.1) is 6.92 Å². The van der Waals surface area contributed by atoms with E-state index in [0.29, 0.717) is 11.6 Å². The maximum atomic E-state index is 6.62. The van der Waals surface area contributed by atoms with Gasteiger partial charge in [-0.05, 0) is 49.2 Å². The Hall–Kier alpha value is -0.700. The predicted octanol–water partition coefficient (Wildman–Crippen LogP) is 6.14. The Kier molecular flexibility index (Phi) is 5.36. The fraction of sp³-hybridized carbons (Fsp3) is 0.250. The van der Waals surface area contributed by atoms with E-state index in [1.54, 1.807) is 0 Å². The maximum Gasteiger partial charge on any atom is 0.124 e. The molecule has 0 fully saturated rings. The molecule has 0 aliphatic rings. The van der Waals surface area contributed by atoms with Crippen molar-refractivity contribution in [1.29, 1.82) is 0 Å². The van der Waals surface area contributed by atoms with Crippen LogP contribution in [0.4, 0.5) is 0 Å². The minimum absolute atomic E-state index is 0.345. The van der Waals surface area contributed by atoms with Crippen molar-refractivity contribution < 1.29 is 4.74 Å². The van der Waals surface area contributed by atoms with Crippen molar-refractivity contribution in [1.82, 2.24) is 0 Å². The van der Waals surface area contributed by atoms with E-state index in [0.717, 1.165) is 26.9 Å². The molecule has 0 amide bonds. The van der Waals surface area contributed by atoms with Crippen LogP contribution >= 0.6 is 39.1 Å². The average Bonchev–Trinajstić information content (AvgIpc) is 2.40. The summed E-state index contributed by atoms with van der Waals surface area (Å²) in [6, 6.07) is 11.7. The molecule has 0 radical (unpaired) electrons. The first-order chi connectivity index (χ1) is 9.52. The van der Waals surface area contributed by atoms with Gasteiger partial charge in [-0.1, -0.05) is 39.7 Å². The fourth-order valence-corrected chi connectivity index (χ4v) is 3.15. The lowest BCUT2D eigenvalue weighted by molar-refractivity contribution is 0.337. The minimum atomic E-state index is -0.345. The number of aryl methyl sites for hydroxylation is 1. The van der Waals surface area contributed by atoms with Gasteiger partial charge in [-0.15, -0.1) is 11.6 Å². The van der Waals surface area contributed by atoms with Gasteiger partial charge in [0.25, 0.3) is 0 Å². The summed E-state index contributed by atoms with van der Waals surface area (Å²) >= 11 is 16.4. The summed E-state index contributed by atoms with van der Waals surface area (Å²) in [7, 11) is 0. The number of hydrogen-bond acceptors (Lipinski definition) is 1. The third-order valence-electron chi connectivity index (χ3n) is 2.97. The van der Waals surface area contributed by atoms with Crippen molar-refractivity contribution in [3.05, 3.63) is 62.6 Å². The molecule has 0 aliphatic heterocycles. The second kappa shape index (κ2) is 6.84. The molecule has 0 aliphatic carbocycles. The van der Waals surface area contributed by atoms with Crippen LogP contribution in [0.25, 0.3) is 0 Å². The van der Waals surface area contributed by atoms with Crippen LogP contribution in [0.1, 0.15) is 29.0 Å². The smallest absolute Gasteiger partial charge is 0.124 e. The first-order valence-electron chi connectivity index (χ1n) is 6.35. The molecule has 20 heavy (non-hydrogen) atoms. The largest absolute Gasteiger partial charge is 0.494 e. The fourth-order valence-electron chi connectivity index (χ4n) is 2.01. The van der Waals surface area contributed by atoms with E-state index >= 15 is 0 Å². The summed E-state index contributed by atoms with van der Waals surface area (Å²) in [5, 5.41) is 0.328. The third kappa shape index (κ3) is 3.49. The minimum Gasteiger partial charge on any atom is -0.494 e. The van der Waals surface area contributed by atoms with E-state index in [1.165, 1.54) is 0 Å². The molecular weight excluding hydrogens is 359 g/mol. The van der Waals surface area contributed by atoms with E-state index in [4.69, 9.17) is 27.9 Å². The van der Waals surface area contributed by atoms with Gasteiger partial charge in [-0.2, -0.15) is 0 Å². The molecule has 0 saturated heterocycles. The molecule has 0 saturated carbocycles. The van der Waals surface area contributed by atoms with Crippen LogP contribution in [0.3, 0.4) is 0 Å². The van der Waals surface area contributed by atoms with Gasteiger partial charge in [0.1, 0.15) is 5.75 Å². The van der Waals surface area contributed by atoms with Crippen molar-refractivity contribution in [3.63, 3.8) is 0 Å². The van der Waals surface area contributed by atoms with Crippen LogP contribution in [-0.2, 0) is 0 Å². The molecule has 0 heterocycles. The van der Waals surface area contributed by atoms with Crippen LogP contribution in [0.5, 0.6) is 5.75 Å². The summed E-state index contributed by atoms with van der Waals surface area (Å²) < 4.78 is 6.61. The molecule has 2 aromatic carbocycles. The number of benzene rings is 2. The lowest BCUT2D eigenvalue weighted by Crippen LogP contribution is -2.01. The molecule has 2 aromatic rings. The number of alkyl halides is 1. The third-order valence-corrected chi connectivity index (χ3v) is 4.26. The summed E-state index contributed by atoms with van der Waals surface area (Å²) in [5.41, 5.74) is 2.91. The predicted molar refractivity (Wildman–Crippen MR) is 89.2 cm³/mol. The molecule has 106 valence electrons. The summed E-state index contributed by atoms with van der Waals surface area (Å²) in [5.74, 6) is 0.785. The Morgan fingerprint density at radius 2 is 1.90 bits per heavy atom. The van der Waals surface area contributed by atoms with Gasteiger partial charge in [0.2, 0.25) is 0 Å². The quantitative estimate of drug-likeness (QED) is 0.585. The van der Waals surface area contributed by atoms with Gasteiger partial charge in [-0.3, -0.25) is 0 Å². The van der Waals surface area contributed by atoms with Gasteiger partial charge in [0.15, 0.2) is 0 Å². The van der Waals surface area contributed by atoms with Crippen LogP contribution in [0.15, 0.2) is 40.9 Å². The molecule has 0 aromatic heterocycles. The zero-order valence-electron chi connectivity index (χ0n) is 11.3.